The van der Waals surface area contributed by atoms with Crippen molar-refractivity contribution in [1.82, 2.24) is 0 Å². The van der Waals surface area contributed by atoms with Gasteiger partial charge in [0, 0.05) is 6.42 Å². The van der Waals surface area contributed by atoms with Crippen molar-refractivity contribution in [3.63, 3.8) is 0 Å². The Morgan fingerprint density at radius 1 is 0.667 bits per heavy atom. The third-order valence-corrected chi connectivity index (χ3v) is 9.28. The zero-order chi connectivity index (χ0) is 23.1. The molecule has 0 aromatic carbocycles. The van der Waals surface area contributed by atoms with Crippen molar-refractivity contribution in [2.75, 3.05) is 0 Å². The summed E-state index contributed by atoms with van der Waals surface area (Å²) in [4.78, 5) is 48.4. The van der Waals surface area contributed by atoms with E-state index in [1.807, 2.05) is 0 Å². The van der Waals surface area contributed by atoms with Crippen LogP contribution in [-0.4, -0.2) is 30.6 Å². The van der Waals surface area contributed by atoms with E-state index < -0.39 is 26.2 Å². The fourth-order valence-corrected chi connectivity index (χ4v) is 4.99. The van der Waals surface area contributed by atoms with E-state index in [-0.39, 0.29) is 6.42 Å². The molecule has 0 rings (SSSR count). The normalized spacial score (nSPS) is 12.9. The third kappa shape index (κ3) is 12.6. The summed E-state index contributed by atoms with van der Waals surface area (Å²) >= 11 is 0. The molecule has 0 atom stereocenters. The zero-order valence-electron chi connectivity index (χ0n) is 18.6. The van der Waals surface area contributed by atoms with Gasteiger partial charge in [0.2, 0.25) is 0 Å². The molecule has 0 bridgehead atoms. The van der Waals surface area contributed by atoms with Crippen molar-refractivity contribution >= 4 is 21.2 Å². The van der Waals surface area contributed by atoms with Gasteiger partial charge in [-0.25, -0.2) is 0 Å². The van der Waals surface area contributed by atoms with Crippen LogP contribution in [0.4, 0.5) is 0 Å². The van der Waals surface area contributed by atoms with E-state index in [9.17, 15) is 13.9 Å². The number of hydrogen-bond donors (Lipinski definition) is 4. The maximum absolute atomic E-state index is 11.8. The van der Waals surface area contributed by atoms with E-state index in [4.69, 9.17) is 19.6 Å². The second-order valence-corrected chi connectivity index (χ2v) is 12.4. The highest BCUT2D eigenvalue weighted by Gasteiger charge is 2.60. The largest absolute Gasteiger partial charge is 0.433 e. The monoisotopic (exact) mass is 472 g/mol. The van der Waals surface area contributed by atoms with Crippen molar-refractivity contribution in [2.45, 2.75) is 122 Å². The average Bonchev–Trinajstić information content (AvgIpc) is 2.63. The lowest BCUT2D eigenvalue weighted by atomic mass is 10.0. The number of unbranched alkanes of at least 4 members (excludes halogenated alkanes) is 14. The number of carbonyl (C=O) groups excluding carboxylic acids is 1. The summed E-state index contributed by atoms with van der Waals surface area (Å²) in [6.07, 6.45) is 17.4. The highest BCUT2D eigenvalue weighted by Crippen LogP contribution is 2.69. The van der Waals surface area contributed by atoms with Gasteiger partial charge >= 0.3 is 26.2 Å². The van der Waals surface area contributed by atoms with Crippen molar-refractivity contribution in [1.29, 1.82) is 0 Å². The quantitative estimate of drug-likeness (QED) is 0.105. The first-order valence-electron chi connectivity index (χ1n) is 11.3. The van der Waals surface area contributed by atoms with Gasteiger partial charge in [0.25, 0.3) is 0 Å². The topological polar surface area (TPSA) is 141 Å². The fourth-order valence-electron chi connectivity index (χ4n) is 3.20. The molecule has 0 aliphatic rings. The molecular weight excluding hydrogens is 430 g/mol. The van der Waals surface area contributed by atoms with Gasteiger partial charge in [-0.2, -0.15) is 0 Å². The molecular formula is C20H42O8P2. The molecule has 0 radical (unpaired) electrons. The number of carbonyl (C=O) groups is 1. The fraction of sp³-hybridized carbons (Fsp3) is 0.950. The van der Waals surface area contributed by atoms with Crippen LogP contribution in [0.3, 0.4) is 0 Å². The van der Waals surface area contributed by atoms with Gasteiger partial charge < -0.3 is 24.3 Å². The van der Waals surface area contributed by atoms with Crippen LogP contribution >= 0.6 is 15.2 Å². The maximum atomic E-state index is 11.8. The predicted octanol–water partition coefficient (Wildman–Crippen LogP) is 5.82. The number of ether oxygens (including phenoxy) is 1. The SMILES string of the molecule is CCCCCCCCCCCCCCCCCC(=O)OC(C)(P(=O)(O)O)P(=O)(O)O. The summed E-state index contributed by atoms with van der Waals surface area (Å²) in [5.74, 6) is -1.01. The summed E-state index contributed by atoms with van der Waals surface area (Å²) < 4.78 is 27.3. The van der Waals surface area contributed by atoms with Crippen LogP contribution in [0.2, 0.25) is 0 Å². The predicted molar refractivity (Wildman–Crippen MR) is 118 cm³/mol. The molecule has 0 amide bonds. The molecule has 0 spiro atoms. The number of esters is 1. The van der Waals surface area contributed by atoms with Crippen LogP contribution in [0.15, 0.2) is 0 Å². The standard InChI is InChI=1S/C20H42O8P2/c1-3-4-5-6-7-8-9-10-11-12-13-14-15-16-17-18-19(21)28-20(2,29(22,23)24)30(25,26)27/h3-18H2,1-2H3,(H2,22,23,24)(H2,25,26,27). The molecule has 10 heteroatoms. The molecule has 180 valence electrons. The Balaban J connectivity index is 3.72. The van der Waals surface area contributed by atoms with Crippen molar-refractivity contribution in [2.24, 2.45) is 0 Å². The second kappa shape index (κ2) is 15.6. The molecule has 0 aliphatic heterocycles. The Morgan fingerprint density at radius 3 is 1.27 bits per heavy atom. The van der Waals surface area contributed by atoms with Gasteiger partial charge in [-0.1, -0.05) is 96.8 Å². The first-order chi connectivity index (χ1) is 14.0. The van der Waals surface area contributed by atoms with Gasteiger partial charge in [0.1, 0.15) is 0 Å². The molecule has 0 aliphatic carbocycles. The molecule has 8 nitrogen and oxygen atoms in total. The average molecular weight is 472 g/mol. The molecule has 0 aromatic rings. The van der Waals surface area contributed by atoms with Gasteiger partial charge in [-0.05, 0) is 13.3 Å². The Labute approximate surface area is 181 Å². The summed E-state index contributed by atoms with van der Waals surface area (Å²) in [6, 6.07) is 0. The first-order valence-corrected chi connectivity index (χ1v) is 14.5. The lowest BCUT2D eigenvalue weighted by Gasteiger charge is -2.30. The van der Waals surface area contributed by atoms with Gasteiger partial charge in [-0.3, -0.25) is 13.9 Å². The number of rotatable bonds is 19. The minimum Gasteiger partial charge on any atom is -0.433 e. The zero-order valence-corrected chi connectivity index (χ0v) is 20.4. The lowest BCUT2D eigenvalue weighted by Crippen LogP contribution is -2.31. The molecule has 30 heavy (non-hydrogen) atoms. The number of hydrogen-bond acceptors (Lipinski definition) is 4. The minimum absolute atomic E-state index is 0.131. The van der Waals surface area contributed by atoms with E-state index in [0.29, 0.717) is 13.3 Å². The van der Waals surface area contributed by atoms with Crippen LogP contribution in [0.25, 0.3) is 0 Å². The molecule has 4 N–H and O–H groups in total. The smallest absolute Gasteiger partial charge is 0.381 e. The second-order valence-electron chi connectivity index (χ2n) is 8.20. The van der Waals surface area contributed by atoms with Crippen molar-refractivity contribution in [3.8, 4) is 0 Å². The van der Waals surface area contributed by atoms with Gasteiger partial charge in [0.15, 0.2) is 0 Å². The van der Waals surface area contributed by atoms with Crippen molar-refractivity contribution < 1.29 is 38.2 Å². The summed E-state index contributed by atoms with van der Waals surface area (Å²) in [5, 5.41) is -3.13. The maximum Gasteiger partial charge on any atom is 0.381 e. The summed E-state index contributed by atoms with van der Waals surface area (Å²) in [6.45, 7) is 2.80. The molecule has 0 aromatic heterocycles. The van der Waals surface area contributed by atoms with Crippen LogP contribution < -0.4 is 0 Å². The third-order valence-electron chi connectivity index (χ3n) is 5.37. The van der Waals surface area contributed by atoms with Crippen LogP contribution in [0.1, 0.15) is 117 Å². The summed E-state index contributed by atoms with van der Waals surface area (Å²) in [5.41, 5.74) is 0. The van der Waals surface area contributed by atoms with Gasteiger partial charge in [0.05, 0.1) is 0 Å². The van der Waals surface area contributed by atoms with E-state index in [1.54, 1.807) is 0 Å². The van der Waals surface area contributed by atoms with Crippen LogP contribution in [0.5, 0.6) is 0 Å². The van der Waals surface area contributed by atoms with E-state index >= 15 is 0 Å². The van der Waals surface area contributed by atoms with Crippen LogP contribution in [-0.2, 0) is 18.7 Å². The summed E-state index contributed by atoms with van der Waals surface area (Å²) in [7, 11) is -10.7. The molecule has 0 heterocycles. The lowest BCUT2D eigenvalue weighted by molar-refractivity contribution is -0.148. The molecule has 0 unspecified atom stereocenters. The molecule has 0 fully saturated rings. The molecule has 0 saturated carbocycles. The van der Waals surface area contributed by atoms with Crippen molar-refractivity contribution in [3.05, 3.63) is 0 Å². The Bertz CT molecular complexity index is 533. The Hall–Kier alpha value is -0.230. The molecule has 0 saturated heterocycles. The van der Waals surface area contributed by atoms with E-state index in [0.717, 1.165) is 25.7 Å². The Kier molecular flexibility index (Phi) is 15.4. The minimum atomic E-state index is -5.34. The highest BCUT2D eigenvalue weighted by molar-refractivity contribution is 7.72. The van der Waals surface area contributed by atoms with Crippen LogP contribution in [0, 0.1) is 0 Å². The van der Waals surface area contributed by atoms with E-state index in [2.05, 4.69) is 11.7 Å². The first kappa shape index (κ1) is 29.8. The van der Waals surface area contributed by atoms with E-state index in [1.165, 1.54) is 64.2 Å². The highest BCUT2D eigenvalue weighted by atomic mass is 31.2. The van der Waals surface area contributed by atoms with Gasteiger partial charge in [-0.15, -0.1) is 0 Å². The Morgan fingerprint density at radius 2 is 0.967 bits per heavy atom.